The Bertz CT molecular complexity index is 471. The van der Waals surface area contributed by atoms with E-state index in [0.717, 1.165) is 39.1 Å². The summed E-state index contributed by atoms with van der Waals surface area (Å²) >= 11 is 0. The van der Waals surface area contributed by atoms with Gasteiger partial charge in [0, 0.05) is 37.9 Å². The van der Waals surface area contributed by atoms with Crippen molar-refractivity contribution < 1.29 is 9.53 Å². The molecule has 0 saturated carbocycles. The molecule has 2 aliphatic rings. The van der Waals surface area contributed by atoms with Gasteiger partial charge in [0.1, 0.15) is 5.82 Å². The van der Waals surface area contributed by atoms with Gasteiger partial charge in [-0.15, -0.1) is 0 Å². The number of carbonyl (C=O) groups is 1. The first-order valence-electron chi connectivity index (χ1n) is 7.18. The molecule has 0 aliphatic carbocycles. The summed E-state index contributed by atoms with van der Waals surface area (Å²) in [5, 5.41) is 2.96. The van der Waals surface area contributed by atoms with E-state index in [1.165, 1.54) is 0 Å². The molecule has 2 aliphatic heterocycles. The number of rotatable bonds is 2. The predicted molar refractivity (Wildman–Crippen MR) is 76.3 cm³/mol. The zero-order valence-corrected chi connectivity index (χ0v) is 11.8. The molecule has 0 aromatic carbocycles. The molecule has 0 bridgehead atoms. The summed E-state index contributed by atoms with van der Waals surface area (Å²) in [5.74, 6) is 0.752. The molecule has 20 heavy (non-hydrogen) atoms. The van der Waals surface area contributed by atoms with Crippen molar-refractivity contribution in [1.29, 1.82) is 0 Å². The Labute approximate surface area is 119 Å². The highest BCUT2D eigenvalue weighted by Crippen LogP contribution is 2.44. The molecule has 5 heteroatoms. The normalized spacial score (nSPS) is 25.8. The van der Waals surface area contributed by atoms with Crippen molar-refractivity contribution in [2.45, 2.75) is 12.8 Å². The summed E-state index contributed by atoms with van der Waals surface area (Å²) < 4.78 is 5.48. The smallest absolute Gasteiger partial charge is 0.230 e. The Morgan fingerprint density at radius 2 is 2.25 bits per heavy atom. The Balaban J connectivity index is 1.75. The second-order valence-corrected chi connectivity index (χ2v) is 5.93. The molecule has 1 atom stereocenters. The first kappa shape index (κ1) is 13.5. The molecule has 1 aromatic rings. The number of hydrogen-bond acceptors (Lipinski definition) is 4. The van der Waals surface area contributed by atoms with Crippen LogP contribution in [0.5, 0.6) is 0 Å². The van der Waals surface area contributed by atoms with E-state index in [-0.39, 0.29) is 17.2 Å². The lowest BCUT2D eigenvalue weighted by Gasteiger charge is -2.37. The second kappa shape index (κ2) is 5.50. The zero-order chi connectivity index (χ0) is 14.0. The van der Waals surface area contributed by atoms with Gasteiger partial charge in [-0.3, -0.25) is 4.79 Å². The number of nitrogens with one attached hydrogen (secondary N) is 1. The maximum Gasteiger partial charge on any atom is 0.230 e. The van der Waals surface area contributed by atoms with Crippen molar-refractivity contribution in [3.63, 3.8) is 0 Å². The van der Waals surface area contributed by atoms with Crippen LogP contribution >= 0.6 is 0 Å². The number of hydrogen-bond donors (Lipinski definition) is 1. The van der Waals surface area contributed by atoms with Gasteiger partial charge >= 0.3 is 0 Å². The largest absolute Gasteiger partial charge is 0.381 e. The summed E-state index contributed by atoms with van der Waals surface area (Å²) in [5.41, 5.74) is 0.0753. The highest BCUT2D eigenvalue weighted by atomic mass is 16.5. The van der Waals surface area contributed by atoms with E-state index in [1.54, 1.807) is 6.20 Å². The number of pyridine rings is 1. The Kier molecular flexibility index (Phi) is 3.72. The molecule has 2 fully saturated rings. The molecule has 108 valence electrons. The van der Waals surface area contributed by atoms with Gasteiger partial charge in [0.25, 0.3) is 0 Å². The summed E-state index contributed by atoms with van der Waals surface area (Å²) in [6, 6.07) is 5.56. The van der Waals surface area contributed by atoms with Crippen LogP contribution in [0.25, 0.3) is 0 Å². The fourth-order valence-electron chi connectivity index (χ4n) is 3.51. The third-order valence-corrected chi connectivity index (χ3v) is 4.54. The van der Waals surface area contributed by atoms with E-state index < -0.39 is 0 Å². The van der Waals surface area contributed by atoms with E-state index in [9.17, 15) is 4.79 Å². The van der Waals surface area contributed by atoms with E-state index in [4.69, 9.17) is 4.74 Å². The standard InChI is InChI=1S/C15H21N3O2/c1-18-10-12(15(11-18)5-8-20-9-6-15)14(19)17-13-4-2-3-7-16-13/h2-4,7,12H,5-6,8-11H2,1H3,(H,16,17,19). The third-order valence-electron chi connectivity index (χ3n) is 4.54. The number of aromatic nitrogens is 1. The monoisotopic (exact) mass is 275 g/mol. The highest BCUT2D eigenvalue weighted by molar-refractivity contribution is 5.92. The van der Waals surface area contributed by atoms with Crippen molar-refractivity contribution in [3.05, 3.63) is 24.4 Å². The average Bonchev–Trinajstić information content (AvgIpc) is 2.77. The molecule has 0 radical (unpaired) electrons. The Morgan fingerprint density at radius 3 is 2.95 bits per heavy atom. The predicted octanol–water partition coefficient (Wildman–Crippen LogP) is 1.38. The SMILES string of the molecule is CN1CC(C(=O)Nc2ccccn2)C2(CCOCC2)C1. The van der Waals surface area contributed by atoms with Crippen LogP contribution in [0.2, 0.25) is 0 Å². The van der Waals surface area contributed by atoms with E-state index in [1.807, 2.05) is 18.2 Å². The van der Waals surface area contributed by atoms with Gasteiger partial charge in [-0.2, -0.15) is 0 Å². The van der Waals surface area contributed by atoms with Gasteiger partial charge in [-0.25, -0.2) is 4.98 Å². The van der Waals surface area contributed by atoms with E-state index in [0.29, 0.717) is 5.82 Å². The summed E-state index contributed by atoms with van der Waals surface area (Å²) in [6.07, 6.45) is 3.63. The Hall–Kier alpha value is -1.46. The van der Waals surface area contributed by atoms with Gasteiger partial charge in [-0.05, 0) is 32.0 Å². The number of ether oxygens (including phenoxy) is 1. The van der Waals surface area contributed by atoms with E-state index in [2.05, 4.69) is 22.2 Å². The minimum Gasteiger partial charge on any atom is -0.381 e. The molecular formula is C15H21N3O2. The molecule has 3 heterocycles. The topological polar surface area (TPSA) is 54.5 Å². The van der Waals surface area contributed by atoms with Gasteiger partial charge in [0.05, 0.1) is 5.92 Å². The quantitative estimate of drug-likeness (QED) is 0.886. The van der Waals surface area contributed by atoms with Gasteiger partial charge < -0.3 is 15.0 Å². The van der Waals surface area contributed by atoms with Crippen LogP contribution < -0.4 is 5.32 Å². The molecule has 1 unspecified atom stereocenters. The lowest BCUT2D eigenvalue weighted by molar-refractivity contribution is -0.124. The minimum atomic E-state index is 0.0263. The number of amides is 1. The highest BCUT2D eigenvalue weighted by Gasteiger charge is 2.49. The van der Waals surface area contributed by atoms with Crippen molar-refractivity contribution in [2.24, 2.45) is 11.3 Å². The fourth-order valence-corrected chi connectivity index (χ4v) is 3.51. The van der Waals surface area contributed by atoms with Crippen LogP contribution in [0.3, 0.4) is 0 Å². The van der Waals surface area contributed by atoms with Crippen molar-refractivity contribution >= 4 is 11.7 Å². The first-order valence-corrected chi connectivity index (χ1v) is 7.18. The summed E-state index contributed by atoms with van der Waals surface area (Å²) in [4.78, 5) is 19.0. The summed E-state index contributed by atoms with van der Waals surface area (Å²) in [6.45, 7) is 3.33. The number of anilines is 1. The van der Waals surface area contributed by atoms with Gasteiger partial charge in [0.15, 0.2) is 0 Å². The third kappa shape index (κ3) is 2.55. The molecule has 1 N–H and O–H groups in total. The molecule has 3 rings (SSSR count). The average molecular weight is 275 g/mol. The molecule has 1 amide bonds. The van der Waals surface area contributed by atoms with Crippen molar-refractivity contribution in [1.82, 2.24) is 9.88 Å². The first-order chi connectivity index (χ1) is 9.70. The minimum absolute atomic E-state index is 0.0263. The molecular weight excluding hydrogens is 254 g/mol. The number of nitrogens with zero attached hydrogens (tertiary/aromatic N) is 2. The number of carbonyl (C=O) groups excluding carboxylic acids is 1. The second-order valence-electron chi connectivity index (χ2n) is 5.93. The molecule has 1 aromatic heterocycles. The molecule has 1 spiro atoms. The van der Waals surface area contributed by atoms with Crippen molar-refractivity contribution in [3.8, 4) is 0 Å². The molecule has 2 saturated heterocycles. The van der Waals surface area contributed by atoms with Crippen LogP contribution in [0, 0.1) is 11.3 Å². The van der Waals surface area contributed by atoms with Crippen LogP contribution in [-0.4, -0.2) is 49.1 Å². The zero-order valence-electron chi connectivity index (χ0n) is 11.8. The number of likely N-dealkylation sites (tertiary alicyclic amines) is 1. The lowest BCUT2D eigenvalue weighted by atomic mass is 9.72. The maximum atomic E-state index is 12.6. The fraction of sp³-hybridized carbons (Fsp3) is 0.600. The van der Waals surface area contributed by atoms with Crippen LogP contribution in [-0.2, 0) is 9.53 Å². The Morgan fingerprint density at radius 1 is 1.45 bits per heavy atom. The summed E-state index contributed by atoms with van der Waals surface area (Å²) in [7, 11) is 2.09. The maximum absolute atomic E-state index is 12.6. The van der Waals surface area contributed by atoms with Gasteiger partial charge in [0.2, 0.25) is 5.91 Å². The van der Waals surface area contributed by atoms with Crippen LogP contribution in [0.4, 0.5) is 5.82 Å². The molecule has 5 nitrogen and oxygen atoms in total. The van der Waals surface area contributed by atoms with Crippen molar-refractivity contribution in [2.75, 3.05) is 38.7 Å². The van der Waals surface area contributed by atoms with E-state index >= 15 is 0 Å². The lowest BCUT2D eigenvalue weighted by Crippen LogP contribution is -2.42. The van der Waals surface area contributed by atoms with Crippen LogP contribution in [0.15, 0.2) is 24.4 Å². The van der Waals surface area contributed by atoms with Crippen LogP contribution in [0.1, 0.15) is 12.8 Å². The van der Waals surface area contributed by atoms with Gasteiger partial charge in [-0.1, -0.05) is 6.07 Å².